The Morgan fingerprint density at radius 1 is 1.00 bits per heavy atom. The van der Waals surface area contributed by atoms with Gasteiger partial charge in [0.05, 0.1) is 22.8 Å². The number of hydrogen-bond donors (Lipinski definition) is 2. The predicted molar refractivity (Wildman–Crippen MR) is 92.3 cm³/mol. The first-order valence-electron chi connectivity index (χ1n) is 7.36. The first-order chi connectivity index (χ1) is 11.0. The van der Waals surface area contributed by atoms with Gasteiger partial charge in [0.1, 0.15) is 0 Å². The molecule has 0 amide bonds. The van der Waals surface area contributed by atoms with Crippen LogP contribution in [0.3, 0.4) is 0 Å². The Hall–Kier alpha value is -1.39. The van der Waals surface area contributed by atoms with Gasteiger partial charge in [0.2, 0.25) is 0 Å². The van der Waals surface area contributed by atoms with Gasteiger partial charge in [-0.05, 0) is 30.5 Å². The van der Waals surface area contributed by atoms with E-state index in [-0.39, 0.29) is 12.4 Å². The van der Waals surface area contributed by atoms with E-state index in [0.717, 1.165) is 5.56 Å². The number of aliphatic hydroxyl groups is 2. The Labute approximate surface area is 145 Å². The minimum atomic E-state index is -0.844. The van der Waals surface area contributed by atoms with E-state index >= 15 is 0 Å². The molecule has 23 heavy (non-hydrogen) atoms. The van der Waals surface area contributed by atoms with Crippen molar-refractivity contribution in [1.82, 2.24) is 0 Å². The Bertz CT molecular complexity index is 659. The second kappa shape index (κ2) is 8.46. The molecule has 0 aliphatic rings. The van der Waals surface area contributed by atoms with E-state index in [1.807, 2.05) is 18.2 Å². The fraction of sp³-hybridized carbons (Fsp3) is 0.278. The second-order valence-electron chi connectivity index (χ2n) is 5.37. The maximum absolute atomic E-state index is 12.8. The summed E-state index contributed by atoms with van der Waals surface area (Å²) in [5.41, 5.74) is 1.35. The molecule has 2 rings (SSSR count). The molecule has 0 radical (unpaired) electrons. The van der Waals surface area contributed by atoms with Crippen LogP contribution < -0.4 is 0 Å². The Morgan fingerprint density at radius 3 is 2.30 bits per heavy atom. The van der Waals surface area contributed by atoms with Gasteiger partial charge in [-0.1, -0.05) is 59.6 Å². The lowest BCUT2D eigenvalue weighted by molar-refractivity contribution is 0.0804. The highest BCUT2D eigenvalue weighted by atomic mass is 35.5. The average Bonchev–Trinajstić information content (AvgIpc) is 2.58. The molecule has 3 nitrogen and oxygen atoms in total. The minimum Gasteiger partial charge on any atom is -0.394 e. The second-order valence-corrected chi connectivity index (χ2v) is 6.18. The van der Waals surface area contributed by atoms with E-state index in [1.54, 1.807) is 30.3 Å². The van der Waals surface area contributed by atoms with Crippen molar-refractivity contribution >= 4 is 29.0 Å². The fourth-order valence-electron chi connectivity index (χ4n) is 2.43. The molecule has 5 heteroatoms. The van der Waals surface area contributed by atoms with Crippen LogP contribution >= 0.6 is 23.2 Å². The van der Waals surface area contributed by atoms with Crippen LogP contribution in [0.5, 0.6) is 0 Å². The Morgan fingerprint density at radius 2 is 1.70 bits per heavy atom. The number of benzene rings is 2. The molecule has 2 unspecified atom stereocenters. The van der Waals surface area contributed by atoms with Gasteiger partial charge in [0.15, 0.2) is 5.78 Å². The SMILES string of the molecule is O=C(c1ccccc1)C(CCC(O)CO)c1ccc(Cl)c(Cl)c1. The molecule has 0 bridgehead atoms. The summed E-state index contributed by atoms with van der Waals surface area (Å²) in [4.78, 5) is 12.8. The lowest BCUT2D eigenvalue weighted by atomic mass is 9.86. The number of rotatable bonds is 7. The Balaban J connectivity index is 2.30. The number of ketones is 1. The topological polar surface area (TPSA) is 57.5 Å². The first kappa shape index (κ1) is 18.0. The zero-order valence-corrected chi connectivity index (χ0v) is 14.0. The van der Waals surface area contributed by atoms with E-state index < -0.39 is 12.0 Å². The third-order valence-electron chi connectivity index (χ3n) is 3.72. The van der Waals surface area contributed by atoms with Crippen molar-refractivity contribution in [1.29, 1.82) is 0 Å². The van der Waals surface area contributed by atoms with E-state index in [1.165, 1.54) is 0 Å². The van der Waals surface area contributed by atoms with E-state index in [0.29, 0.717) is 28.5 Å². The molecule has 2 aromatic carbocycles. The molecule has 0 aromatic heterocycles. The van der Waals surface area contributed by atoms with Gasteiger partial charge < -0.3 is 10.2 Å². The maximum atomic E-state index is 12.8. The van der Waals surface area contributed by atoms with Crippen molar-refractivity contribution in [2.24, 2.45) is 0 Å². The first-order valence-corrected chi connectivity index (χ1v) is 8.11. The predicted octanol–water partition coefficient (Wildman–Crippen LogP) is 4.09. The summed E-state index contributed by atoms with van der Waals surface area (Å²) < 4.78 is 0. The zero-order valence-electron chi connectivity index (χ0n) is 12.5. The number of carbonyl (C=O) groups excluding carboxylic acids is 1. The van der Waals surface area contributed by atoms with Crippen LogP contribution in [0.1, 0.15) is 34.7 Å². The molecular weight excluding hydrogens is 335 g/mol. The number of hydrogen-bond acceptors (Lipinski definition) is 3. The van der Waals surface area contributed by atoms with Crippen molar-refractivity contribution in [3.05, 3.63) is 69.7 Å². The summed E-state index contributed by atoms with van der Waals surface area (Å²) in [6.07, 6.45) is -0.114. The van der Waals surface area contributed by atoms with Crippen LogP contribution in [0, 0.1) is 0 Å². The summed E-state index contributed by atoms with van der Waals surface area (Å²) >= 11 is 12.0. The molecular formula is C18H18Cl2O3. The van der Waals surface area contributed by atoms with Crippen LogP contribution in [-0.4, -0.2) is 28.7 Å². The summed E-state index contributed by atoms with van der Waals surface area (Å²) in [6, 6.07) is 14.1. The highest BCUT2D eigenvalue weighted by Crippen LogP contribution is 2.31. The summed E-state index contributed by atoms with van der Waals surface area (Å²) in [7, 11) is 0. The van der Waals surface area contributed by atoms with Gasteiger partial charge in [-0.15, -0.1) is 0 Å². The van der Waals surface area contributed by atoms with E-state index in [4.69, 9.17) is 28.3 Å². The van der Waals surface area contributed by atoms with Crippen molar-refractivity contribution < 1.29 is 15.0 Å². The molecule has 0 saturated carbocycles. The lowest BCUT2D eigenvalue weighted by Gasteiger charge is -2.18. The fourth-order valence-corrected chi connectivity index (χ4v) is 2.74. The molecule has 2 atom stereocenters. The monoisotopic (exact) mass is 352 g/mol. The molecule has 2 N–H and O–H groups in total. The average molecular weight is 353 g/mol. The van der Waals surface area contributed by atoms with E-state index in [2.05, 4.69) is 0 Å². The maximum Gasteiger partial charge on any atom is 0.170 e. The molecule has 0 heterocycles. The quantitative estimate of drug-likeness (QED) is 0.737. The number of halogens is 2. The summed E-state index contributed by atoms with van der Waals surface area (Å²) in [5.74, 6) is -0.498. The highest BCUT2D eigenvalue weighted by Gasteiger charge is 2.23. The van der Waals surface area contributed by atoms with Gasteiger partial charge in [-0.2, -0.15) is 0 Å². The zero-order chi connectivity index (χ0) is 16.8. The molecule has 2 aromatic rings. The van der Waals surface area contributed by atoms with Crippen LogP contribution in [-0.2, 0) is 0 Å². The summed E-state index contributed by atoms with van der Waals surface area (Å²) in [5, 5.41) is 19.4. The molecule has 0 saturated heterocycles. The molecule has 0 fully saturated rings. The lowest BCUT2D eigenvalue weighted by Crippen LogP contribution is -2.18. The van der Waals surface area contributed by atoms with Crippen molar-refractivity contribution in [3.8, 4) is 0 Å². The third-order valence-corrected chi connectivity index (χ3v) is 4.46. The smallest absolute Gasteiger partial charge is 0.170 e. The molecule has 122 valence electrons. The van der Waals surface area contributed by atoms with Crippen molar-refractivity contribution in [2.75, 3.05) is 6.61 Å². The van der Waals surface area contributed by atoms with Crippen molar-refractivity contribution in [3.63, 3.8) is 0 Å². The van der Waals surface area contributed by atoms with Crippen LogP contribution in [0.15, 0.2) is 48.5 Å². The summed E-state index contributed by atoms with van der Waals surface area (Å²) in [6.45, 7) is -0.326. The van der Waals surface area contributed by atoms with Gasteiger partial charge in [0.25, 0.3) is 0 Å². The Kier molecular flexibility index (Phi) is 6.60. The number of Topliss-reactive ketones (excluding diaryl/α,β-unsaturated/α-hetero) is 1. The largest absolute Gasteiger partial charge is 0.394 e. The molecule has 0 spiro atoms. The van der Waals surface area contributed by atoms with Crippen LogP contribution in [0.25, 0.3) is 0 Å². The standard InChI is InChI=1S/C18H18Cl2O3/c19-16-9-6-13(10-17(16)20)15(8-7-14(22)11-21)18(23)12-4-2-1-3-5-12/h1-6,9-10,14-15,21-22H,7-8,11H2. The van der Waals surface area contributed by atoms with Crippen molar-refractivity contribution in [2.45, 2.75) is 24.9 Å². The van der Waals surface area contributed by atoms with E-state index in [9.17, 15) is 9.90 Å². The van der Waals surface area contributed by atoms with Gasteiger partial charge in [-0.3, -0.25) is 4.79 Å². The number of carbonyl (C=O) groups is 1. The van der Waals surface area contributed by atoms with Crippen LogP contribution in [0.4, 0.5) is 0 Å². The molecule has 0 aliphatic carbocycles. The van der Waals surface area contributed by atoms with Gasteiger partial charge >= 0.3 is 0 Å². The number of aliphatic hydroxyl groups excluding tert-OH is 2. The molecule has 0 aliphatic heterocycles. The third kappa shape index (κ3) is 4.79. The van der Waals surface area contributed by atoms with Gasteiger partial charge in [-0.25, -0.2) is 0 Å². The highest BCUT2D eigenvalue weighted by molar-refractivity contribution is 6.42. The van der Waals surface area contributed by atoms with Crippen LogP contribution in [0.2, 0.25) is 10.0 Å². The normalized spacial score (nSPS) is 13.6. The van der Waals surface area contributed by atoms with Gasteiger partial charge in [0, 0.05) is 11.5 Å². The minimum absolute atomic E-state index is 0.0471.